The van der Waals surface area contributed by atoms with Crippen LogP contribution in [0.3, 0.4) is 0 Å². The van der Waals surface area contributed by atoms with Gasteiger partial charge in [-0.1, -0.05) is 13.3 Å². The van der Waals surface area contributed by atoms with Crippen LogP contribution in [0.25, 0.3) is 0 Å². The van der Waals surface area contributed by atoms with E-state index in [0.29, 0.717) is 12.3 Å². The second-order valence-corrected chi connectivity index (χ2v) is 4.85. The molecule has 1 fully saturated rings. The fourth-order valence-corrected chi connectivity index (χ4v) is 2.11. The van der Waals surface area contributed by atoms with Crippen molar-refractivity contribution in [2.75, 3.05) is 19.8 Å². The molecule has 0 aliphatic carbocycles. The van der Waals surface area contributed by atoms with E-state index in [1.165, 1.54) is 0 Å². The van der Waals surface area contributed by atoms with E-state index in [4.69, 9.17) is 4.74 Å². The third kappa shape index (κ3) is 3.76. The molecule has 2 unspecified atom stereocenters. The van der Waals surface area contributed by atoms with Crippen LogP contribution in [-0.2, 0) is 9.53 Å². The van der Waals surface area contributed by atoms with E-state index in [-0.39, 0.29) is 0 Å². The number of rotatable bonds is 6. The van der Waals surface area contributed by atoms with Gasteiger partial charge in [-0.25, -0.2) is 0 Å². The molecule has 1 heterocycles. The molecule has 0 spiro atoms. The lowest BCUT2D eigenvalue weighted by molar-refractivity contribution is -0.144. The molecule has 1 rings (SSSR count). The van der Waals surface area contributed by atoms with Gasteiger partial charge in [0.05, 0.1) is 6.61 Å². The van der Waals surface area contributed by atoms with E-state index < -0.39 is 11.5 Å². The smallest absolute Gasteiger partial charge is 0.323 e. The fraction of sp³-hybridized carbons (Fsp3) is 0.917. The summed E-state index contributed by atoms with van der Waals surface area (Å²) in [4.78, 5) is 11.2. The molecule has 0 aromatic carbocycles. The number of carbonyl (C=O) groups is 1. The molecular weight excluding hydrogens is 206 g/mol. The van der Waals surface area contributed by atoms with Crippen molar-refractivity contribution in [1.82, 2.24) is 5.32 Å². The molecule has 2 N–H and O–H groups in total. The zero-order valence-corrected chi connectivity index (χ0v) is 10.3. The van der Waals surface area contributed by atoms with Gasteiger partial charge >= 0.3 is 5.97 Å². The standard InChI is InChI=1S/C12H23NO3/c1-3-6-12(2,11(14)15)13-8-10-5-4-7-16-9-10/h10,13H,3-9H2,1-2H3,(H,14,15). The van der Waals surface area contributed by atoms with Crippen molar-refractivity contribution in [3.05, 3.63) is 0 Å². The van der Waals surface area contributed by atoms with Crippen LogP contribution in [0.5, 0.6) is 0 Å². The molecule has 0 aromatic rings. The van der Waals surface area contributed by atoms with Crippen molar-refractivity contribution in [1.29, 1.82) is 0 Å². The van der Waals surface area contributed by atoms with Crippen molar-refractivity contribution in [2.45, 2.75) is 45.1 Å². The van der Waals surface area contributed by atoms with E-state index in [1.807, 2.05) is 6.92 Å². The van der Waals surface area contributed by atoms with Crippen molar-refractivity contribution in [3.8, 4) is 0 Å². The highest BCUT2D eigenvalue weighted by molar-refractivity contribution is 5.78. The molecule has 94 valence electrons. The summed E-state index contributed by atoms with van der Waals surface area (Å²) in [6.45, 7) is 6.12. The van der Waals surface area contributed by atoms with Crippen LogP contribution in [0, 0.1) is 5.92 Å². The highest BCUT2D eigenvalue weighted by Gasteiger charge is 2.32. The normalized spacial score (nSPS) is 25.0. The Labute approximate surface area is 97.4 Å². The quantitative estimate of drug-likeness (QED) is 0.727. The van der Waals surface area contributed by atoms with Gasteiger partial charge in [-0.05, 0) is 32.1 Å². The Morgan fingerprint density at radius 3 is 2.88 bits per heavy atom. The number of aliphatic carboxylic acids is 1. The summed E-state index contributed by atoms with van der Waals surface area (Å²) in [6, 6.07) is 0. The first kappa shape index (κ1) is 13.5. The maximum Gasteiger partial charge on any atom is 0.323 e. The van der Waals surface area contributed by atoms with Crippen molar-refractivity contribution in [2.24, 2.45) is 5.92 Å². The first-order valence-corrected chi connectivity index (χ1v) is 6.14. The van der Waals surface area contributed by atoms with E-state index in [0.717, 1.165) is 39.0 Å². The van der Waals surface area contributed by atoms with E-state index in [2.05, 4.69) is 5.32 Å². The monoisotopic (exact) mass is 229 g/mol. The molecule has 16 heavy (non-hydrogen) atoms. The average Bonchev–Trinajstić information content (AvgIpc) is 2.28. The number of carboxylic acid groups (broad SMARTS) is 1. The third-order valence-electron chi connectivity index (χ3n) is 3.26. The van der Waals surface area contributed by atoms with Crippen LogP contribution in [0.15, 0.2) is 0 Å². The number of hydrogen-bond acceptors (Lipinski definition) is 3. The highest BCUT2D eigenvalue weighted by Crippen LogP contribution is 2.16. The van der Waals surface area contributed by atoms with Crippen LogP contribution in [0.1, 0.15) is 39.5 Å². The number of ether oxygens (including phenoxy) is 1. The molecule has 0 saturated carbocycles. The molecule has 0 amide bonds. The van der Waals surface area contributed by atoms with Crippen LogP contribution in [0.4, 0.5) is 0 Å². The second kappa shape index (κ2) is 6.21. The van der Waals surface area contributed by atoms with Gasteiger partial charge in [-0.3, -0.25) is 4.79 Å². The van der Waals surface area contributed by atoms with Gasteiger partial charge in [0.2, 0.25) is 0 Å². The van der Waals surface area contributed by atoms with Crippen LogP contribution in [0.2, 0.25) is 0 Å². The lowest BCUT2D eigenvalue weighted by Gasteiger charge is -2.30. The summed E-state index contributed by atoms with van der Waals surface area (Å²) in [5.74, 6) is -0.296. The van der Waals surface area contributed by atoms with Gasteiger partial charge in [0.1, 0.15) is 5.54 Å². The lowest BCUT2D eigenvalue weighted by Crippen LogP contribution is -2.51. The van der Waals surface area contributed by atoms with E-state index in [9.17, 15) is 9.90 Å². The summed E-state index contributed by atoms with van der Waals surface area (Å²) >= 11 is 0. The molecule has 4 heteroatoms. The molecule has 2 atom stereocenters. The Balaban J connectivity index is 2.39. The largest absolute Gasteiger partial charge is 0.480 e. The number of nitrogens with one attached hydrogen (secondary N) is 1. The lowest BCUT2D eigenvalue weighted by atomic mass is 9.94. The molecule has 1 aliphatic rings. The summed E-state index contributed by atoms with van der Waals surface area (Å²) in [7, 11) is 0. The van der Waals surface area contributed by atoms with E-state index >= 15 is 0 Å². The Morgan fingerprint density at radius 2 is 2.38 bits per heavy atom. The van der Waals surface area contributed by atoms with Gasteiger partial charge < -0.3 is 15.2 Å². The summed E-state index contributed by atoms with van der Waals surface area (Å²) < 4.78 is 5.38. The minimum Gasteiger partial charge on any atom is -0.480 e. The zero-order chi connectivity index (χ0) is 12.0. The zero-order valence-electron chi connectivity index (χ0n) is 10.3. The van der Waals surface area contributed by atoms with Crippen molar-refractivity contribution in [3.63, 3.8) is 0 Å². The Bertz CT molecular complexity index is 226. The molecule has 0 aromatic heterocycles. The van der Waals surface area contributed by atoms with Gasteiger partial charge in [-0.15, -0.1) is 0 Å². The minimum absolute atomic E-state index is 0.462. The molecule has 0 radical (unpaired) electrons. The summed E-state index contributed by atoms with van der Waals surface area (Å²) in [5.41, 5.74) is -0.786. The second-order valence-electron chi connectivity index (χ2n) is 4.85. The minimum atomic E-state index is -0.786. The average molecular weight is 229 g/mol. The topological polar surface area (TPSA) is 58.6 Å². The number of carboxylic acids is 1. The molecule has 1 aliphatic heterocycles. The predicted molar refractivity (Wildman–Crippen MR) is 62.5 cm³/mol. The molecule has 1 saturated heterocycles. The SMILES string of the molecule is CCCC(C)(NCC1CCCOC1)C(=O)O. The Hall–Kier alpha value is -0.610. The van der Waals surface area contributed by atoms with Gasteiger partial charge in [0.15, 0.2) is 0 Å². The first-order valence-electron chi connectivity index (χ1n) is 6.14. The fourth-order valence-electron chi connectivity index (χ4n) is 2.11. The molecule has 0 bridgehead atoms. The maximum absolute atomic E-state index is 11.2. The summed E-state index contributed by atoms with van der Waals surface area (Å²) in [6.07, 6.45) is 3.76. The Morgan fingerprint density at radius 1 is 1.62 bits per heavy atom. The van der Waals surface area contributed by atoms with Gasteiger partial charge in [0, 0.05) is 13.2 Å². The summed E-state index contributed by atoms with van der Waals surface area (Å²) in [5, 5.41) is 12.4. The van der Waals surface area contributed by atoms with Gasteiger partial charge in [0.25, 0.3) is 0 Å². The predicted octanol–water partition coefficient (Wildman–Crippen LogP) is 1.65. The van der Waals surface area contributed by atoms with Crippen molar-refractivity contribution < 1.29 is 14.6 Å². The molecular formula is C12H23NO3. The first-order chi connectivity index (χ1) is 7.58. The number of hydrogen-bond donors (Lipinski definition) is 2. The Kier molecular flexibility index (Phi) is 5.22. The van der Waals surface area contributed by atoms with Crippen LogP contribution in [-0.4, -0.2) is 36.4 Å². The molecule has 4 nitrogen and oxygen atoms in total. The maximum atomic E-state index is 11.2. The van der Waals surface area contributed by atoms with E-state index in [1.54, 1.807) is 6.92 Å². The van der Waals surface area contributed by atoms with Crippen molar-refractivity contribution >= 4 is 5.97 Å². The van der Waals surface area contributed by atoms with Gasteiger partial charge in [-0.2, -0.15) is 0 Å². The highest BCUT2D eigenvalue weighted by atomic mass is 16.5. The van der Waals surface area contributed by atoms with Crippen LogP contribution < -0.4 is 5.32 Å². The van der Waals surface area contributed by atoms with Crippen LogP contribution >= 0.6 is 0 Å². The third-order valence-corrected chi connectivity index (χ3v) is 3.26.